The van der Waals surface area contributed by atoms with Crippen LogP contribution in [0.4, 0.5) is 10.5 Å². The molecular weight excluding hydrogens is 604 g/mol. The molecule has 0 spiro atoms. The van der Waals surface area contributed by atoms with Gasteiger partial charge in [0.15, 0.2) is 5.78 Å². The van der Waals surface area contributed by atoms with E-state index in [2.05, 4.69) is 65.2 Å². The van der Waals surface area contributed by atoms with E-state index < -0.39 is 11.4 Å². The molecule has 0 aliphatic heterocycles. The number of hydrogen-bond acceptors (Lipinski definition) is 6. The molecule has 1 aromatic rings. The van der Waals surface area contributed by atoms with Gasteiger partial charge in [-0.1, -0.05) is 59.2 Å². The van der Waals surface area contributed by atoms with Crippen molar-refractivity contribution in [1.82, 2.24) is 5.32 Å². The molecule has 0 saturated heterocycles. The van der Waals surface area contributed by atoms with Crippen LogP contribution in [0.2, 0.25) is 0 Å². The Balaban J connectivity index is 1.28. The molecule has 4 saturated carbocycles. The first-order valence-corrected chi connectivity index (χ1v) is 18.0. The highest BCUT2D eigenvalue weighted by Gasteiger charge is 2.70. The quantitative estimate of drug-likeness (QED) is 0.316. The summed E-state index contributed by atoms with van der Waals surface area (Å²) in [5, 5.41) is 6.14. The Kier molecular flexibility index (Phi) is 8.27. The molecule has 2 amide bonds. The molecule has 4 fully saturated rings. The Morgan fingerprint density at radius 2 is 1.52 bits per heavy atom. The monoisotopic (exact) mass is 660 g/mol. The van der Waals surface area contributed by atoms with Gasteiger partial charge >= 0.3 is 18.0 Å². The number of esters is 2. The van der Waals surface area contributed by atoms with Crippen molar-refractivity contribution < 1.29 is 28.7 Å². The minimum absolute atomic E-state index is 0.0765. The van der Waals surface area contributed by atoms with Gasteiger partial charge < -0.3 is 20.1 Å². The highest BCUT2D eigenvalue weighted by Crippen LogP contribution is 2.75. The maximum atomic E-state index is 14.7. The van der Waals surface area contributed by atoms with Crippen molar-refractivity contribution >= 4 is 29.4 Å². The van der Waals surface area contributed by atoms with Crippen LogP contribution in [0.25, 0.3) is 0 Å². The molecule has 262 valence electrons. The standard InChI is InChI=1S/C40H56N2O6/c1-35(2)29-14-17-40(7)31(38(29,5)16-15-30(35)42-34(46)41-27-13-11-10-12-24(27)32(44)47-8)28(43)22-25-26-23-37(4,33(45)48-9)19-18-36(26,3)20-21-39(25,40)6/h10-13,22,26,29-31H,14-21,23H2,1-9H3,(H2,41,42,46)/t26?,29-,30?,31+,36+,37-,38-,39+,40+/m0/s1. The molecule has 8 nitrogen and oxygen atoms in total. The van der Waals surface area contributed by atoms with Crippen molar-refractivity contribution in [3.63, 3.8) is 0 Å². The number of rotatable bonds is 4. The Hall–Kier alpha value is -3.16. The summed E-state index contributed by atoms with van der Waals surface area (Å²) in [7, 11) is 2.81. The third-order valence-corrected chi connectivity index (χ3v) is 15.2. The first kappa shape index (κ1) is 34.7. The van der Waals surface area contributed by atoms with Gasteiger partial charge in [0.1, 0.15) is 0 Å². The van der Waals surface area contributed by atoms with Crippen LogP contribution in [0.3, 0.4) is 0 Å². The van der Waals surface area contributed by atoms with E-state index in [-0.39, 0.29) is 68.7 Å². The van der Waals surface area contributed by atoms with Gasteiger partial charge in [-0.2, -0.15) is 0 Å². The Labute approximate surface area is 286 Å². The molecule has 0 heterocycles. The average Bonchev–Trinajstić information content (AvgIpc) is 3.03. The number of hydrogen-bond donors (Lipinski definition) is 2. The maximum Gasteiger partial charge on any atom is 0.339 e. The fraction of sp³-hybridized carbons (Fsp3) is 0.700. The van der Waals surface area contributed by atoms with Crippen molar-refractivity contribution in [3.8, 4) is 0 Å². The number of ether oxygens (including phenoxy) is 2. The van der Waals surface area contributed by atoms with Crippen molar-refractivity contribution in [3.05, 3.63) is 41.5 Å². The van der Waals surface area contributed by atoms with Crippen LogP contribution in [0.15, 0.2) is 35.9 Å². The lowest BCUT2D eigenvalue weighted by Gasteiger charge is -2.70. The first-order valence-electron chi connectivity index (χ1n) is 18.0. The third kappa shape index (κ3) is 4.89. The van der Waals surface area contributed by atoms with E-state index in [4.69, 9.17) is 9.47 Å². The molecule has 5 aliphatic carbocycles. The van der Waals surface area contributed by atoms with E-state index in [1.807, 2.05) is 0 Å². The predicted molar refractivity (Wildman–Crippen MR) is 185 cm³/mol. The zero-order chi connectivity index (χ0) is 35.1. The number of amides is 2. The largest absolute Gasteiger partial charge is 0.469 e. The van der Waals surface area contributed by atoms with Gasteiger partial charge in [0, 0.05) is 12.0 Å². The number of carbonyl (C=O) groups excluding carboxylic acids is 4. The number of allylic oxidation sites excluding steroid dienone is 2. The lowest BCUT2D eigenvalue weighted by Crippen LogP contribution is -2.67. The molecule has 0 bridgehead atoms. The fourth-order valence-corrected chi connectivity index (χ4v) is 12.1. The van der Waals surface area contributed by atoms with Crippen LogP contribution in [-0.4, -0.2) is 44.0 Å². The summed E-state index contributed by atoms with van der Waals surface area (Å²) in [6, 6.07) is 6.40. The topological polar surface area (TPSA) is 111 Å². The molecule has 8 heteroatoms. The number of para-hydroxylation sites is 1. The number of fused-ring (bicyclic) bond motifs is 7. The maximum absolute atomic E-state index is 14.7. The summed E-state index contributed by atoms with van der Waals surface area (Å²) in [6.45, 7) is 16.1. The molecule has 0 radical (unpaired) electrons. The number of benzene rings is 1. The van der Waals surface area contributed by atoms with Gasteiger partial charge in [-0.25, -0.2) is 9.59 Å². The molecule has 0 aromatic heterocycles. The number of nitrogens with one attached hydrogen (secondary N) is 2. The van der Waals surface area contributed by atoms with Crippen LogP contribution < -0.4 is 10.6 Å². The van der Waals surface area contributed by atoms with Crippen LogP contribution >= 0.6 is 0 Å². The van der Waals surface area contributed by atoms with Gasteiger partial charge in [0.25, 0.3) is 0 Å². The van der Waals surface area contributed by atoms with E-state index in [1.165, 1.54) is 19.8 Å². The summed E-state index contributed by atoms with van der Waals surface area (Å²) < 4.78 is 10.2. The number of ketones is 1. The third-order valence-electron chi connectivity index (χ3n) is 15.2. The average molecular weight is 661 g/mol. The molecule has 9 atom stereocenters. The molecule has 5 aliphatic rings. The van der Waals surface area contributed by atoms with Gasteiger partial charge in [-0.05, 0) is 122 Å². The fourth-order valence-electron chi connectivity index (χ4n) is 12.1. The smallest absolute Gasteiger partial charge is 0.339 e. The van der Waals surface area contributed by atoms with E-state index in [0.717, 1.165) is 57.8 Å². The second-order valence-electron chi connectivity index (χ2n) is 17.8. The molecule has 1 aromatic carbocycles. The summed E-state index contributed by atoms with van der Waals surface area (Å²) in [5.41, 5.74) is 0.712. The number of urea groups is 1. The molecule has 6 rings (SSSR count). The number of carbonyl (C=O) groups is 4. The second kappa shape index (κ2) is 11.4. The SMILES string of the molecule is COC(=O)c1ccccc1NC(=O)NC1CC[C@]2(C)[C@H]3C(=O)C=C4C5C[C@@](C)(C(=O)OC)CC[C@]5(C)CC[C@@]4(C)[C@]3(C)CC[C@H]2C1(C)C. The van der Waals surface area contributed by atoms with E-state index in [0.29, 0.717) is 11.3 Å². The van der Waals surface area contributed by atoms with Crippen LogP contribution in [0.1, 0.15) is 117 Å². The highest BCUT2D eigenvalue weighted by atomic mass is 16.5. The van der Waals surface area contributed by atoms with E-state index >= 15 is 0 Å². The Bertz CT molecular complexity index is 1570. The van der Waals surface area contributed by atoms with Crippen molar-refractivity contribution in [2.24, 2.45) is 50.2 Å². The minimum atomic E-state index is -0.536. The van der Waals surface area contributed by atoms with Gasteiger partial charge in [-0.3, -0.25) is 9.59 Å². The first-order chi connectivity index (χ1) is 22.4. The number of anilines is 1. The van der Waals surface area contributed by atoms with Crippen LogP contribution in [0, 0.1) is 50.2 Å². The van der Waals surface area contributed by atoms with Crippen LogP contribution in [0.5, 0.6) is 0 Å². The van der Waals surface area contributed by atoms with E-state index in [9.17, 15) is 19.2 Å². The normalized spacial score (nSPS) is 41.3. The lowest BCUT2D eigenvalue weighted by atomic mass is 9.33. The summed E-state index contributed by atoms with van der Waals surface area (Å²) in [5.74, 6) is -0.0783. The summed E-state index contributed by atoms with van der Waals surface area (Å²) in [6.07, 6.45) is 10.3. The predicted octanol–water partition coefficient (Wildman–Crippen LogP) is 8.12. The zero-order valence-electron chi connectivity index (χ0n) is 30.5. The molecule has 48 heavy (non-hydrogen) atoms. The Morgan fingerprint density at radius 3 is 2.21 bits per heavy atom. The number of methoxy groups -OCH3 is 2. The Morgan fingerprint density at radius 1 is 0.833 bits per heavy atom. The second-order valence-corrected chi connectivity index (χ2v) is 17.8. The van der Waals surface area contributed by atoms with Crippen molar-refractivity contribution in [1.29, 1.82) is 0 Å². The summed E-state index contributed by atoms with van der Waals surface area (Å²) in [4.78, 5) is 53.4. The lowest BCUT2D eigenvalue weighted by molar-refractivity contribution is -0.189. The van der Waals surface area contributed by atoms with Crippen LogP contribution in [-0.2, 0) is 19.1 Å². The van der Waals surface area contributed by atoms with Gasteiger partial charge in [0.2, 0.25) is 0 Å². The van der Waals surface area contributed by atoms with Crippen molar-refractivity contribution in [2.75, 3.05) is 19.5 Å². The molecule has 2 unspecified atom stereocenters. The van der Waals surface area contributed by atoms with Crippen molar-refractivity contribution in [2.45, 2.75) is 112 Å². The van der Waals surface area contributed by atoms with Gasteiger partial charge in [0.05, 0.1) is 30.9 Å². The molecule has 2 N–H and O–H groups in total. The van der Waals surface area contributed by atoms with Gasteiger partial charge in [-0.15, -0.1) is 0 Å². The minimum Gasteiger partial charge on any atom is -0.469 e. The summed E-state index contributed by atoms with van der Waals surface area (Å²) >= 11 is 0. The molecular formula is C40H56N2O6. The van der Waals surface area contributed by atoms with E-state index in [1.54, 1.807) is 24.3 Å². The zero-order valence-corrected chi connectivity index (χ0v) is 30.5. The highest BCUT2D eigenvalue weighted by molar-refractivity contribution is 6.01.